The highest BCUT2D eigenvalue weighted by Crippen LogP contribution is 2.00. The first-order valence-electron chi connectivity index (χ1n) is 5.62. The quantitative estimate of drug-likeness (QED) is 0.501. The Morgan fingerprint density at radius 3 is 2.50 bits per heavy atom. The summed E-state index contributed by atoms with van der Waals surface area (Å²) in [5.74, 6) is 1.06. The van der Waals surface area contributed by atoms with Crippen molar-refractivity contribution >= 4 is 5.90 Å². The summed E-state index contributed by atoms with van der Waals surface area (Å²) in [6.07, 6.45) is 2.62. The molecule has 0 radical (unpaired) electrons. The zero-order valence-electron chi connectivity index (χ0n) is 9.75. The predicted octanol–water partition coefficient (Wildman–Crippen LogP) is 1.18. The molecule has 1 aliphatic rings. The SMILES string of the molecule is CCCCN1CC[N+](=C(C)OC)CC1. The van der Waals surface area contributed by atoms with E-state index in [1.54, 1.807) is 7.11 Å². The largest absolute Gasteiger partial charge is 0.452 e. The molecule has 0 spiro atoms. The van der Waals surface area contributed by atoms with Crippen LogP contribution in [0, 0.1) is 0 Å². The van der Waals surface area contributed by atoms with Gasteiger partial charge in [0.05, 0.1) is 27.1 Å². The molecule has 0 aromatic heterocycles. The average Bonchev–Trinajstić information content (AvgIpc) is 2.26. The third-order valence-electron chi connectivity index (χ3n) is 2.94. The molecule has 82 valence electrons. The molecular weight excluding hydrogens is 176 g/mol. The van der Waals surface area contributed by atoms with Gasteiger partial charge in [0, 0.05) is 0 Å². The molecule has 0 saturated carbocycles. The molecule has 1 heterocycles. The second-order valence-corrected chi connectivity index (χ2v) is 3.91. The summed E-state index contributed by atoms with van der Waals surface area (Å²) in [5.41, 5.74) is 0. The van der Waals surface area contributed by atoms with E-state index in [4.69, 9.17) is 4.74 Å². The average molecular weight is 199 g/mol. The molecule has 0 atom stereocenters. The first-order chi connectivity index (χ1) is 6.77. The maximum Gasteiger partial charge on any atom is 0.332 e. The lowest BCUT2D eigenvalue weighted by Gasteiger charge is -2.25. The Bertz CT molecular complexity index is 191. The standard InChI is InChI=1S/C11H23N2O/c1-4-5-6-12-7-9-13(10-8-12)11(2)14-3/h4-10H2,1-3H3/q+1. The van der Waals surface area contributed by atoms with Gasteiger partial charge in [0.15, 0.2) is 13.1 Å². The van der Waals surface area contributed by atoms with Crippen molar-refractivity contribution in [1.82, 2.24) is 4.90 Å². The molecule has 0 aromatic rings. The minimum absolute atomic E-state index is 1.06. The van der Waals surface area contributed by atoms with E-state index in [1.165, 1.54) is 32.5 Å². The maximum absolute atomic E-state index is 5.23. The Balaban J connectivity index is 2.31. The molecule has 3 heteroatoms. The van der Waals surface area contributed by atoms with Crippen LogP contribution < -0.4 is 0 Å². The van der Waals surface area contributed by atoms with Crippen molar-refractivity contribution in [3.63, 3.8) is 0 Å². The van der Waals surface area contributed by atoms with Gasteiger partial charge in [-0.2, -0.15) is 0 Å². The van der Waals surface area contributed by atoms with Gasteiger partial charge in [0.25, 0.3) is 0 Å². The second-order valence-electron chi connectivity index (χ2n) is 3.91. The first kappa shape index (κ1) is 11.5. The second kappa shape index (κ2) is 6.02. The Labute approximate surface area is 87.4 Å². The van der Waals surface area contributed by atoms with Crippen molar-refractivity contribution in [2.45, 2.75) is 26.7 Å². The number of nitrogens with zero attached hydrogens (tertiary/aromatic N) is 2. The van der Waals surface area contributed by atoms with Crippen LogP contribution in [0.4, 0.5) is 0 Å². The van der Waals surface area contributed by atoms with Gasteiger partial charge in [-0.3, -0.25) is 4.90 Å². The zero-order chi connectivity index (χ0) is 10.4. The fourth-order valence-corrected chi connectivity index (χ4v) is 1.80. The van der Waals surface area contributed by atoms with Crippen LogP contribution in [0.3, 0.4) is 0 Å². The fourth-order valence-electron chi connectivity index (χ4n) is 1.80. The van der Waals surface area contributed by atoms with Gasteiger partial charge in [0.2, 0.25) is 0 Å². The van der Waals surface area contributed by atoms with Crippen molar-refractivity contribution in [3.05, 3.63) is 0 Å². The van der Waals surface area contributed by atoms with Crippen molar-refractivity contribution in [2.75, 3.05) is 39.8 Å². The Hall–Kier alpha value is -0.570. The van der Waals surface area contributed by atoms with Crippen molar-refractivity contribution in [3.8, 4) is 0 Å². The summed E-state index contributed by atoms with van der Waals surface area (Å²) in [5, 5.41) is 0. The highest BCUT2D eigenvalue weighted by Gasteiger charge is 2.20. The highest BCUT2D eigenvalue weighted by atomic mass is 16.5. The van der Waals surface area contributed by atoms with Gasteiger partial charge in [-0.05, 0) is 13.0 Å². The predicted molar refractivity (Wildman–Crippen MR) is 59.0 cm³/mol. The Morgan fingerprint density at radius 1 is 1.36 bits per heavy atom. The number of hydrogen-bond donors (Lipinski definition) is 0. The Kier molecular flexibility index (Phi) is 4.94. The topological polar surface area (TPSA) is 15.5 Å². The van der Waals surface area contributed by atoms with Gasteiger partial charge in [-0.25, -0.2) is 4.58 Å². The van der Waals surface area contributed by atoms with Crippen LogP contribution in [0.15, 0.2) is 0 Å². The zero-order valence-corrected chi connectivity index (χ0v) is 9.75. The lowest BCUT2D eigenvalue weighted by atomic mass is 10.3. The van der Waals surface area contributed by atoms with Crippen LogP contribution >= 0.6 is 0 Å². The molecule has 1 fully saturated rings. The summed E-state index contributed by atoms with van der Waals surface area (Å²) in [4.78, 5) is 2.54. The lowest BCUT2D eigenvalue weighted by Crippen LogP contribution is -2.44. The molecule has 0 unspecified atom stereocenters. The van der Waals surface area contributed by atoms with Crippen molar-refractivity contribution < 1.29 is 9.31 Å². The molecule has 0 N–H and O–H groups in total. The number of hydrogen-bond acceptors (Lipinski definition) is 2. The van der Waals surface area contributed by atoms with E-state index in [0.717, 1.165) is 19.0 Å². The van der Waals surface area contributed by atoms with Gasteiger partial charge >= 0.3 is 5.90 Å². The van der Waals surface area contributed by atoms with Crippen LogP contribution in [-0.2, 0) is 4.74 Å². The number of piperazine rings is 1. The third-order valence-corrected chi connectivity index (χ3v) is 2.94. The molecule has 0 aromatic carbocycles. The summed E-state index contributed by atoms with van der Waals surface area (Å²) in [7, 11) is 1.75. The molecule has 0 amide bonds. The number of rotatable bonds is 3. The minimum Gasteiger partial charge on any atom is -0.452 e. The summed E-state index contributed by atoms with van der Waals surface area (Å²) in [6, 6.07) is 0. The number of ether oxygens (including phenoxy) is 1. The summed E-state index contributed by atoms with van der Waals surface area (Å²) < 4.78 is 7.55. The third kappa shape index (κ3) is 3.29. The van der Waals surface area contributed by atoms with E-state index < -0.39 is 0 Å². The van der Waals surface area contributed by atoms with E-state index in [9.17, 15) is 0 Å². The van der Waals surface area contributed by atoms with Crippen LogP contribution in [0.5, 0.6) is 0 Å². The molecule has 0 bridgehead atoms. The first-order valence-corrected chi connectivity index (χ1v) is 5.62. The molecule has 1 aliphatic heterocycles. The molecule has 1 rings (SSSR count). The lowest BCUT2D eigenvalue weighted by molar-refractivity contribution is -0.547. The van der Waals surface area contributed by atoms with Gasteiger partial charge in [-0.1, -0.05) is 13.3 Å². The molecule has 14 heavy (non-hydrogen) atoms. The van der Waals surface area contributed by atoms with E-state index in [2.05, 4.69) is 16.4 Å². The minimum atomic E-state index is 1.06. The van der Waals surface area contributed by atoms with E-state index in [1.807, 2.05) is 6.92 Å². The van der Waals surface area contributed by atoms with Crippen LogP contribution in [-0.4, -0.2) is 55.2 Å². The number of methoxy groups -OCH3 is 1. The number of unbranched alkanes of at least 4 members (excludes halogenated alkanes) is 1. The monoisotopic (exact) mass is 199 g/mol. The van der Waals surface area contributed by atoms with Crippen LogP contribution in [0.1, 0.15) is 26.7 Å². The smallest absolute Gasteiger partial charge is 0.332 e. The Morgan fingerprint density at radius 2 is 2.00 bits per heavy atom. The molecule has 1 saturated heterocycles. The molecule has 0 aliphatic carbocycles. The van der Waals surface area contributed by atoms with E-state index >= 15 is 0 Å². The van der Waals surface area contributed by atoms with Crippen LogP contribution in [0.2, 0.25) is 0 Å². The molecule has 3 nitrogen and oxygen atoms in total. The fraction of sp³-hybridized carbons (Fsp3) is 0.909. The van der Waals surface area contributed by atoms with Gasteiger partial charge < -0.3 is 4.74 Å². The van der Waals surface area contributed by atoms with E-state index in [-0.39, 0.29) is 0 Å². The maximum atomic E-state index is 5.23. The summed E-state index contributed by atoms with van der Waals surface area (Å²) >= 11 is 0. The van der Waals surface area contributed by atoms with E-state index in [0.29, 0.717) is 0 Å². The van der Waals surface area contributed by atoms with Crippen LogP contribution in [0.25, 0.3) is 0 Å². The summed E-state index contributed by atoms with van der Waals surface area (Å²) in [6.45, 7) is 10.1. The van der Waals surface area contributed by atoms with Gasteiger partial charge in [0.1, 0.15) is 0 Å². The van der Waals surface area contributed by atoms with Crippen molar-refractivity contribution in [2.24, 2.45) is 0 Å². The van der Waals surface area contributed by atoms with Crippen molar-refractivity contribution in [1.29, 1.82) is 0 Å². The normalized spacial score (nSPS) is 18.4. The van der Waals surface area contributed by atoms with Gasteiger partial charge in [-0.15, -0.1) is 0 Å². The molecular formula is C11H23N2O+. The highest BCUT2D eigenvalue weighted by molar-refractivity contribution is 5.67.